The summed E-state index contributed by atoms with van der Waals surface area (Å²) < 4.78 is 57.5. The quantitative estimate of drug-likeness (QED) is 0.766. The highest BCUT2D eigenvalue weighted by Crippen LogP contribution is 2.31. The number of nitrogens with one attached hydrogen (secondary N) is 1. The monoisotopic (exact) mass is 370 g/mol. The first-order valence-electron chi connectivity index (χ1n) is 7.78. The van der Waals surface area contributed by atoms with E-state index < -0.39 is 35.5 Å². The van der Waals surface area contributed by atoms with Crippen molar-refractivity contribution in [2.24, 2.45) is 5.73 Å². The topological polar surface area (TPSA) is 64.4 Å². The maximum absolute atomic E-state index is 13.2. The Morgan fingerprint density at radius 3 is 2.50 bits per heavy atom. The molecule has 3 N–H and O–H groups in total. The minimum Gasteiger partial charge on any atom is -0.491 e. The molecule has 0 aliphatic heterocycles. The van der Waals surface area contributed by atoms with Crippen LogP contribution in [-0.2, 0) is 11.0 Å². The molecular weight excluding hydrogens is 352 g/mol. The Hall–Kier alpha value is -2.61. The van der Waals surface area contributed by atoms with Gasteiger partial charge in [-0.1, -0.05) is 18.2 Å². The highest BCUT2D eigenvalue weighted by molar-refractivity contribution is 5.81. The SMILES string of the molecule is CC(N)C(=O)NC(COc1cccc(F)c1)c1cccc(C(F)(F)F)c1. The maximum Gasteiger partial charge on any atom is 0.416 e. The van der Waals surface area contributed by atoms with Crippen LogP contribution in [0, 0.1) is 5.82 Å². The Morgan fingerprint density at radius 1 is 1.19 bits per heavy atom. The number of halogens is 4. The highest BCUT2D eigenvalue weighted by Gasteiger charge is 2.31. The molecule has 0 spiro atoms. The summed E-state index contributed by atoms with van der Waals surface area (Å²) >= 11 is 0. The van der Waals surface area contributed by atoms with E-state index in [9.17, 15) is 22.4 Å². The largest absolute Gasteiger partial charge is 0.491 e. The predicted molar refractivity (Wildman–Crippen MR) is 87.9 cm³/mol. The van der Waals surface area contributed by atoms with E-state index in [1.54, 1.807) is 0 Å². The van der Waals surface area contributed by atoms with Crippen molar-refractivity contribution >= 4 is 5.91 Å². The molecule has 2 unspecified atom stereocenters. The predicted octanol–water partition coefficient (Wildman–Crippen LogP) is 3.43. The zero-order valence-corrected chi connectivity index (χ0v) is 13.9. The molecule has 0 aliphatic rings. The van der Waals surface area contributed by atoms with Crippen molar-refractivity contribution in [2.75, 3.05) is 6.61 Å². The van der Waals surface area contributed by atoms with E-state index in [1.807, 2.05) is 0 Å². The van der Waals surface area contributed by atoms with Crippen LogP contribution in [0.25, 0.3) is 0 Å². The van der Waals surface area contributed by atoms with Gasteiger partial charge in [0.05, 0.1) is 17.6 Å². The maximum atomic E-state index is 13.2. The smallest absolute Gasteiger partial charge is 0.416 e. The minimum absolute atomic E-state index is 0.191. The molecule has 26 heavy (non-hydrogen) atoms. The lowest BCUT2D eigenvalue weighted by Gasteiger charge is -2.22. The number of nitrogens with two attached hydrogens (primary N) is 1. The number of alkyl halides is 3. The van der Waals surface area contributed by atoms with Gasteiger partial charge >= 0.3 is 6.18 Å². The van der Waals surface area contributed by atoms with Gasteiger partial charge in [0.1, 0.15) is 18.2 Å². The summed E-state index contributed by atoms with van der Waals surface area (Å²) in [4.78, 5) is 11.9. The van der Waals surface area contributed by atoms with Gasteiger partial charge in [-0.2, -0.15) is 13.2 Å². The second-order valence-electron chi connectivity index (χ2n) is 5.74. The van der Waals surface area contributed by atoms with E-state index in [1.165, 1.54) is 37.3 Å². The molecule has 0 saturated heterocycles. The molecule has 0 aromatic heterocycles. The van der Waals surface area contributed by atoms with Gasteiger partial charge in [0.25, 0.3) is 0 Å². The minimum atomic E-state index is -4.52. The summed E-state index contributed by atoms with van der Waals surface area (Å²) in [6.45, 7) is 1.26. The number of ether oxygens (including phenoxy) is 1. The van der Waals surface area contributed by atoms with Crippen LogP contribution in [0.3, 0.4) is 0 Å². The van der Waals surface area contributed by atoms with Crippen molar-refractivity contribution in [3.8, 4) is 5.75 Å². The van der Waals surface area contributed by atoms with Crippen LogP contribution in [0.5, 0.6) is 5.75 Å². The van der Waals surface area contributed by atoms with Gasteiger partial charge in [-0.05, 0) is 36.8 Å². The normalized spacial score (nSPS) is 13.8. The third-order valence-corrected chi connectivity index (χ3v) is 3.56. The fraction of sp³-hybridized carbons (Fsp3) is 0.278. The second-order valence-corrected chi connectivity index (χ2v) is 5.74. The van der Waals surface area contributed by atoms with Crippen LogP contribution in [0.4, 0.5) is 17.6 Å². The molecule has 1 amide bonds. The molecule has 8 heteroatoms. The molecule has 0 aliphatic carbocycles. The van der Waals surface area contributed by atoms with Crippen molar-refractivity contribution < 1.29 is 27.1 Å². The van der Waals surface area contributed by atoms with Gasteiger partial charge in [-0.25, -0.2) is 4.39 Å². The second kappa shape index (κ2) is 8.18. The molecule has 0 saturated carbocycles. The van der Waals surface area contributed by atoms with E-state index in [2.05, 4.69) is 5.32 Å². The van der Waals surface area contributed by atoms with Crippen molar-refractivity contribution in [1.29, 1.82) is 0 Å². The lowest BCUT2D eigenvalue weighted by Crippen LogP contribution is -2.42. The molecule has 4 nitrogen and oxygen atoms in total. The lowest BCUT2D eigenvalue weighted by atomic mass is 10.0. The van der Waals surface area contributed by atoms with Gasteiger partial charge in [0.15, 0.2) is 0 Å². The Bertz CT molecular complexity index is 763. The van der Waals surface area contributed by atoms with E-state index >= 15 is 0 Å². The molecule has 2 aromatic carbocycles. The Balaban J connectivity index is 2.24. The zero-order chi connectivity index (χ0) is 19.3. The fourth-order valence-electron chi connectivity index (χ4n) is 2.19. The average Bonchev–Trinajstić information content (AvgIpc) is 2.57. The van der Waals surface area contributed by atoms with Crippen LogP contribution >= 0.6 is 0 Å². The van der Waals surface area contributed by atoms with Crippen LogP contribution < -0.4 is 15.8 Å². The molecule has 140 valence electrons. The summed E-state index contributed by atoms with van der Waals surface area (Å²) in [5.74, 6) is -0.870. The van der Waals surface area contributed by atoms with Gasteiger partial charge in [0.2, 0.25) is 5.91 Å². The van der Waals surface area contributed by atoms with Crippen molar-refractivity contribution in [3.05, 3.63) is 65.5 Å². The van der Waals surface area contributed by atoms with Crippen molar-refractivity contribution in [1.82, 2.24) is 5.32 Å². The van der Waals surface area contributed by atoms with E-state index in [4.69, 9.17) is 10.5 Å². The summed E-state index contributed by atoms with van der Waals surface area (Å²) in [5.41, 5.74) is 4.86. The van der Waals surface area contributed by atoms with Crippen molar-refractivity contribution in [2.45, 2.75) is 25.2 Å². The number of hydrogen-bond donors (Lipinski definition) is 2. The third kappa shape index (κ3) is 5.45. The molecule has 2 atom stereocenters. The van der Waals surface area contributed by atoms with Gasteiger partial charge in [-0.3, -0.25) is 4.79 Å². The zero-order valence-electron chi connectivity index (χ0n) is 13.9. The molecule has 0 bridgehead atoms. The number of carbonyl (C=O) groups excluding carboxylic acids is 1. The molecular formula is C18H18F4N2O2. The molecule has 2 rings (SSSR count). The number of amides is 1. The van der Waals surface area contributed by atoms with Gasteiger partial charge < -0.3 is 15.8 Å². The van der Waals surface area contributed by atoms with Gasteiger partial charge in [0, 0.05) is 6.07 Å². The van der Waals surface area contributed by atoms with Crippen LogP contribution in [0.2, 0.25) is 0 Å². The number of rotatable bonds is 6. The molecule has 2 aromatic rings. The van der Waals surface area contributed by atoms with E-state index in [0.717, 1.165) is 18.2 Å². The summed E-state index contributed by atoms with van der Waals surface area (Å²) in [6.07, 6.45) is -4.52. The Morgan fingerprint density at radius 2 is 1.88 bits per heavy atom. The molecule has 0 fully saturated rings. The fourth-order valence-corrected chi connectivity index (χ4v) is 2.19. The first-order chi connectivity index (χ1) is 12.2. The van der Waals surface area contributed by atoms with E-state index in [0.29, 0.717) is 0 Å². The number of benzene rings is 2. The summed E-state index contributed by atoms with van der Waals surface area (Å²) in [6, 6.07) is 8.11. The Kier molecular flexibility index (Phi) is 6.20. The van der Waals surface area contributed by atoms with E-state index in [-0.39, 0.29) is 17.9 Å². The molecule has 0 heterocycles. The van der Waals surface area contributed by atoms with Crippen LogP contribution in [0.15, 0.2) is 48.5 Å². The lowest BCUT2D eigenvalue weighted by molar-refractivity contribution is -0.137. The highest BCUT2D eigenvalue weighted by atomic mass is 19.4. The van der Waals surface area contributed by atoms with Gasteiger partial charge in [-0.15, -0.1) is 0 Å². The molecule has 0 radical (unpaired) electrons. The summed E-state index contributed by atoms with van der Waals surface area (Å²) in [7, 11) is 0. The van der Waals surface area contributed by atoms with Crippen LogP contribution in [0.1, 0.15) is 24.1 Å². The number of carbonyl (C=O) groups is 1. The number of hydrogen-bond acceptors (Lipinski definition) is 3. The first kappa shape index (κ1) is 19.7. The van der Waals surface area contributed by atoms with Crippen LogP contribution in [-0.4, -0.2) is 18.6 Å². The Labute approximate surface area is 148 Å². The standard InChI is InChI=1S/C18H18F4N2O2/c1-11(23)17(25)24-16(10-26-15-7-3-6-14(19)9-15)12-4-2-5-13(8-12)18(20,21)22/h2-9,11,16H,10,23H2,1H3,(H,24,25). The first-order valence-corrected chi connectivity index (χ1v) is 7.78. The average molecular weight is 370 g/mol. The third-order valence-electron chi connectivity index (χ3n) is 3.56. The summed E-state index contributed by atoms with van der Waals surface area (Å²) in [5, 5.41) is 2.55. The van der Waals surface area contributed by atoms with Crippen molar-refractivity contribution in [3.63, 3.8) is 0 Å².